The molecule has 2 N–H and O–H groups in total. The van der Waals surface area contributed by atoms with Crippen LogP contribution in [-0.4, -0.2) is 24.9 Å². The molecule has 2 fully saturated rings. The average Bonchev–Trinajstić information content (AvgIpc) is 2.60. The first kappa shape index (κ1) is 18.3. The van der Waals surface area contributed by atoms with Crippen LogP contribution < -0.4 is 10.6 Å². The van der Waals surface area contributed by atoms with Gasteiger partial charge in [0.05, 0.1) is 0 Å². The Morgan fingerprint density at radius 3 is 2.13 bits per heavy atom. The summed E-state index contributed by atoms with van der Waals surface area (Å²) in [5, 5.41) is 5.91. The molecule has 2 aliphatic carbocycles. The molecule has 4 nitrogen and oxygen atoms in total. The maximum Gasteiger partial charge on any atom is 0.223 e. The summed E-state index contributed by atoms with van der Waals surface area (Å²) in [6.07, 6.45) is 15.3. The van der Waals surface area contributed by atoms with Crippen LogP contribution in [0.3, 0.4) is 0 Å². The van der Waals surface area contributed by atoms with E-state index >= 15 is 0 Å². The predicted octanol–water partition coefficient (Wildman–Crippen LogP) is 3.55. The second-order valence-electron chi connectivity index (χ2n) is 7.37. The Balaban J connectivity index is 1.45. The molecule has 0 aromatic heterocycles. The van der Waals surface area contributed by atoms with Gasteiger partial charge < -0.3 is 10.6 Å². The van der Waals surface area contributed by atoms with Crippen molar-refractivity contribution in [3.8, 4) is 0 Å². The largest absolute Gasteiger partial charge is 0.356 e. The maximum atomic E-state index is 12.0. The highest BCUT2D eigenvalue weighted by Crippen LogP contribution is 2.27. The van der Waals surface area contributed by atoms with Gasteiger partial charge in [0.15, 0.2) is 0 Å². The van der Waals surface area contributed by atoms with Crippen molar-refractivity contribution in [1.29, 1.82) is 0 Å². The van der Waals surface area contributed by atoms with Gasteiger partial charge in [-0.2, -0.15) is 0 Å². The Bertz CT molecular complexity index is 358. The summed E-state index contributed by atoms with van der Waals surface area (Å²) >= 11 is 0. The first-order valence-corrected chi connectivity index (χ1v) is 9.80. The summed E-state index contributed by atoms with van der Waals surface area (Å²) in [5.74, 6) is 1.28. The molecule has 4 heteroatoms. The standard InChI is InChI=1S/C19H34N2O2/c22-18(20-14-7-10-16-8-3-1-4-9-16)13-15-21-19(23)17-11-5-2-6-12-17/h16-17H,1-15H2,(H,20,22)(H,21,23). The van der Waals surface area contributed by atoms with Crippen molar-refractivity contribution in [2.45, 2.75) is 83.5 Å². The summed E-state index contributed by atoms with van der Waals surface area (Å²) < 4.78 is 0. The van der Waals surface area contributed by atoms with E-state index in [-0.39, 0.29) is 17.7 Å². The van der Waals surface area contributed by atoms with Crippen molar-refractivity contribution in [3.63, 3.8) is 0 Å². The zero-order chi connectivity index (χ0) is 16.3. The lowest BCUT2D eigenvalue weighted by Crippen LogP contribution is -2.35. The molecular weight excluding hydrogens is 288 g/mol. The molecule has 0 aromatic carbocycles. The van der Waals surface area contributed by atoms with Crippen LogP contribution in [0.1, 0.15) is 83.5 Å². The van der Waals surface area contributed by atoms with Crippen LogP contribution in [-0.2, 0) is 9.59 Å². The van der Waals surface area contributed by atoms with Crippen LogP contribution in [0, 0.1) is 11.8 Å². The summed E-state index contributed by atoms with van der Waals surface area (Å²) in [7, 11) is 0. The van der Waals surface area contributed by atoms with Crippen LogP contribution >= 0.6 is 0 Å². The fraction of sp³-hybridized carbons (Fsp3) is 0.895. The minimum absolute atomic E-state index is 0.0672. The van der Waals surface area contributed by atoms with Crippen LogP contribution in [0.25, 0.3) is 0 Å². The highest BCUT2D eigenvalue weighted by atomic mass is 16.2. The summed E-state index contributed by atoms with van der Waals surface area (Å²) in [5.41, 5.74) is 0. The number of carbonyl (C=O) groups excluding carboxylic acids is 2. The van der Waals surface area contributed by atoms with E-state index in [1.807, 2.05) is 0 Å². The van der Waals surface area contributed by atoms with Crippen molar-refractivity contribution in [1.82, 2.24) is 10.6 Å². The van der Waals surface area contributed by atoms with Crippen molar-refractivity contribution < 1.29 is 9.59 Å². The minimum atomic E-state index is 0.0672. The van der Waals surface area contributed by atoms with Gasteiger partial charge in [-0.05, 0) is 31.6 Å². The molecule has 0 aliphatic heterocycles. The monoisotopic (exact) mass is 322 g/mol. The van der Waals surface area contributed by atoms with Gasteiger partial charge in [-0.3, -0.25) is 9.59 Å². The highest BCUT2D eigenvalue weighted by Gasteiger charge is 2.20. The molecule has 2 aliphatic rings. The Morgan fingerprint density at radius 2 is 1.43 bits per heavy atom. The van der Waals surface area contributed by atoms with Crippen molar-refractivity contribution in [2.75, 3.05) is 13.1 Å². The van der Waals surface area contributed by atoms with Gasteiger partial charge in [-0.15, -0.1) is 0 Å². The number of rotatable bonds is 8. The Hall–Kier alpha value is -1.06. The first-order chi connectivity index (χ1) is 11.3. The van der Waals surface area contributed by atoms with Gasteiger partial charge >= 0.3 is 0 Å². The predicted molar refractivity (Wildman–Crippen MR) is 93.0 cm³/mol. The molecule has 0 unspecified atom stereocenters. The van der Waals surface area contributed by atoms with E-state index in [9.17, 15) is 9.59 Å². The summed E-state index contributed by atoms with van der Waals surface area (Å²) in [4.78, 5) is 23.8. The molecule has 0 heterocycles. The van der Waals surface area contributed by atoms with Crippen LogP contribution in [0.2, 0.25) is 0 Å². The second kappa shape index (κ2) is 10.7. The topological polar surface area (TPSA) is 58.2 Å². The zero-order valence-corrected chi connectivity index (χ0v) is 14.6. The number of nitrogens with one attached hydrogen (secondary N) is 2. The van der Waals surface area contributed by atoms with E-state index in [2.05, 4.69) is 10.6 Å². The van der Waals surface area contributed by atoms with Crippen molar-refractivity contribution in [3.05, 3.63) is 0 Å². The Labute approximate surface area is 141 Å². The van der Waals surface area contributed by atoms with Crippen molar-refractivity contribution >= 4 is 11.8 Å². The molecule has 23 heavy (non-hydrogen) atoms. The first-order valence-electron chi connectivity index (χ1n) is 9.80. The number of hydrogen-bond acceptors (Lipinski definition) is 2. The average molecular weight is 322 g/mol. The normalized spacial score (nSPS) is 20.2. The Kier molecular flexibility index (Phi) is 8.48. The number of hydrogen-bond donors (Lipinski definition) is 2. The van der Waals surface area contributed by atoms with E-state index in [1.54, 1.807) is 0 Å². The fourth-order valence-electron chi connectivity index (χ4n) is 3.99. The lowest BCUT2D eigenvalue weighted by Gasteiger charge is -2.21. The van der Waals surface area contributed by atoms with E-state index in [0.717, 1.165) is 31.7 Å². The molecule has 0 aromatic rings. The Morgan fingerprint density at radius 1 is 0.783 bits per heavy atom. The molecule has 0 radical (unpaired) electrons. The van der Waals surface area contributed by atoms with Gasteiger partial charge in [-0.25, -0.2) is 0 Å². The molecular formula is C19H34N2O2. The van der Waals surface area contributed by atoms with E-state index in [4.69, 9.17) is 0 Å². The minimum Gasteiger partial charge on any atom is -0.356 e. The number of carbonyl (C=O) groups is 2. The molecule has 2 amide bonds. The summed E-state index contributed by atoms with van der Waals surface area (Å²) in [6, 6.07) is 0. The van der Waals surface area contributed by atoms with Gasteiger partial charge in [0.25, 0.3) is 0 Å². The third-order valence-corrected chi connectivity index (χ3v) is 5.46. The fourth-order valence-corrected chi connectivity index (χ4v) is 3.99. The SMILES string of the molecule is O=C(CCNC(=O)C1CCCCC1)NCCCC1CCCCC1. The summed E-state index contributed by atoms with van der Waals surface area (Å²) in [6.45, 7) is 1.26. The molecule has 0 saturated heterocycles. The molecule has 132 valence electrons. The number of amides is 2. The lowest BCUT2D eigenvalue weighted by molar-refractivity contribution is -0.126. The third-order valence-electron chi connectivity index (χ3n) is 5.46. The zero-order valence-electron chi connectivity index (χ0n) is 14.6. The molecule has 2 rings (SSSR count). The lowest BCUT2D eigenvalue weighted by atomic mass is 9.86. The third kappa shape index (κ3) is 7.36. The quantitative estimate of drug-likeness (QED) is 0.671. The molecule has 0 spiro atoms. The van der Waals surface area contributed by atoms with E-state index in [1.165, 1.54) is 57.8 Å². The maximum absolute atomic E-state index is 12.0. The van der Waals surface area contributed by atoms with Crippen LogP contribution in [0.4, 0.5) is 0 Å². The van der Waals surface area contributed by atoms with Gasteiger partial charge in [0, 0.05) is 25.4 Å². The van der Waals surface area contributed by atoms with Crippen molar-refractivity contribution in [2.24, 2.45) is 11.8 Å². The van der Waals surface area contributed by atoms with Gasteiger partial charge in [0.2, 0.25) is 11.8 Å². The van der Waals surface area contributed by atoms with Gasteiger partial charge in [0.1, 0.15) is 0 Å². The highest BCUT2D eigenvalue weighted by molar-refractivity contribution is 5.80. The van der Waals surface area contributed by atoms with E-state index in [0.29, 0.717) is 13.0 Å². The van der Waals surface area contributed by atoms with Gasteiger partial charge in [-0.1, -0.05) is 51.4 Å². The van der Waals surface area contributed by atoms with E-state index < -0.39 is 0 Å². The van der Waals surface area contributed by atoms with Crippen LogP contribution in [0.15, 0.2) is 0 Å². The molecule has 0 atom stereocenters. The second-order valence-corrected chi connectivity index (χ2v) is 7.37. The molecule has 2 saturated carbocycles. The van der Waals surface area contributed by atoms with Crippen LogP contribution in [0.5, 0.6) is 0 Å². The molecule has 0 bridgehead atoms. The smallest absolute Gasteiger partial charge is 0.223 e.